The third kappa shape index (κ3) is 3.12. The lowest BCUT2D eigenvalue weighted by molar-refractivity contribution is -0.155. The lowest BCUT2D eigenvalue weighted by atomic mass is 9.75. The van der Waals surface area contributed by atoms with Crippen LogP contribution in [0.5, 0.6) is 0 Å². The number of hydrogen-bond donors (Lipinski definition) is 0. The van der Waals surface area contributed by atoms with Gasteiger partial charge in [-0.15, -0.1) is 0 Å². The van der Waals surface area contributed by atoms with Crippen molar-refractivity contribution in [3.63, 3.8) is 0 Å². The lowest BCUT2D eigenvalue weighted by Gasteiger charge is -2.46. The molecule has 140 valence electrons. The molecule has 2 aliphatic heterocycles. The molecule has 1 aromatic heterocycles. The van der Waals surface area contributed by atoms with Gasteiger partial charge >= 0.3 is 6.03 Å². The van der Waals surface area contributed by atoms with Gasteiger partial charge in [0.2, 0.25) is 0 Å². The fourth-order valence-electron chi connectivity index (χ4n) is 4.02. The molecule has 25 heavy (non-hydrogen) atoms. The number of aryl methyl sites for hydroxylation is 2. The lowest BCUT2D eigenvalue weighted by Crippen LogP contribution is -2.59. The quantitative estimate of drug-likeness (QED) is 0.817. The summed E-state index contributed by atoms with van der Waals surface area (Å²) in [4.78, 5) is 17.3. The van der Waals surface area contributed by atoms with Gasteiger partial charge in [0.1, 0.15) is 5.76 Å². The number of halogens is 2. The van der Waals surface area contributed by atoms with Gasteiger partial charge in [-0.05, 0) is 26.8 Å². The van der Waals surface area contributed by atoms with Crippen molar-refractivity contribution in [2.75, 3.05) is 40.3 Å². The van der Waals surface area contributed by atoms with Gasteiger partial charge in [-0.1, -0.05) is 5.16 Å². The van der Waals surface area contributed by atoms with Gasteiger partial charge in [-0.3, -0.25) is 4.90 Å². The van der Waals surface area contributed by atoms with E-state index in [2.05, 4.69) is 5.16 Å². The van der Waals surface area contributed by atoms with Gasteiger partial charge in [0.25, 0.3) is 5.92 Å². The summed E-state index contributed by atoms with van der Waals surface area (Å²) >= 11 is 0. The van der Waals surface area contributed by atoms with Crippen molar-refractivity contribution >= 4 is 6.03 Å². The molecular weight excluding hydrogens is 330 g/mol. The number of alkyl halides is 2. The molecule has 2 aliphatic rings. The number of hydrogen-bond acceptors (Lipinski definition) is 4. The first-order valence-electron chi connectivity index (χ1n) is 8.63. The number of likely N-dealkylation sites (tertiary alicyclic amines) is 2. The first kappa shape index (κ1) is 18.1. The minimum absolute atomic E-state index is 0.106. The van der Waals surface area contributed by atoms with Crippen molar-refractivity contribution in [1.82, 2.24) is 19.9 Å². The Balaban J connectivity index is 1.76. The van der Waals surface area contributed by atoms with Crippen LogP contribution in [0.2, 0.25) is 0 Å². The van der Waals surface area contributed by atoms with Gasteiger partial charge < -0.3 is 14.3 Å². The number of nitrogens with zero attached hydrogens (tertiary/aromatic N) is 4. The number of urea groups is 1. The van der Waals surface area contributed by atoms with Crippen LogP contribution < -0.4 is 0 Å². The SMILES string of the molecule is Cc1noc(C)c1CN1CCC2(C1)CN(C(=O)N(C)C)CCC2(F)F. The first-order valence-corrected chi connectivity index (χ1v) is 8.63. The molecule has 8 heteroatoms. The van der Waals surface area contributed by atoms with Gasteiger partial charge in [-0.2, -0.15) is 0 Å². The molecule has 0 N–H and O–H groups in total. The van der Waals surface area contributed by atoms with Gasteiger partial charge in [0.15, 0.2) is 0 Å². The van der Waals surface area contributed by atoms with Crippen LogP contribution in [0.3, 0.4) is 0 Å². The van der Waals surface area contributed by atoms with E-state index in [0.29, 0.717) is 19.5 Å². The van der Waals surface area contributed by atoms with E-state index in [4.69, 9.17) is 4.52 Å². The molecule has 1 spiro atoms. The molecule has 3 heterocycles. The Hall–Kier alpha value is -1.70. The van der Waals surface area contributed by atoms with Crippen LogP contribution in [0.15, 0.2) is 4.52 Å². The number of rotatable bonds is 2. The molecule has 0 aromatic carbocycles. The molecule has 1 aromatic rings. The minimum atomic E-state index is -2.76. The van der Waals surface area contributed by atoms with E-state index < -0.39 is 11.3 Å². The molecule has 1 atom stereocenters. The largest absolute Gasteiger partial charge is 0.361 e. The van der Waals surface area contributed by atoms with Crippen LogP contribution in [0, 0.1) is 19.3 Å². The predicted molar refractivity (Wildman–Crippen MR) is 88.5 cm³/mol. The number of aromatic nitrogens is 1. The fourth-order valence-corrected chi connectivity index (χ4v) is 4.02. The van der Waals surface area contributed by atoms with Crippen LogP contribution in [0.1, 0.15) is 29.9 Å². The van der Waals surface area contributed by atoms with Crippen LogP contribution in [0.25, 0.3) is 0 Å². The Morgan fingerprint density at radius 3 is 2.56 bits per heavy atom. The Morgan fingerprint density at radius 2 is 1.96 bits per heavy atom. The Bertz CT molecular complexity index is 642. The summed E-state index contributed by atoms with van der Waals surface area (Å²) in [5, 5.41) is 3.94. The molecule has 0 radical (unpaired) electrons. The predicted octanol–water partition coefficient (Wildman–Crippen LogP) is 2.51. The van der Waals surface area contributed by atoms with Crippen LogP contribution >= 0.6 is 0 Å². The summed E-state index contributed by atoms with van der Waals surface area (Å²) in [6, 6.07) is -0.195. The number of piperidine rings is 1. The summed E-state index contributed by atoms with van der Waals surface area (Å²) in [5.74, 6) is -2.03. The van der Waals surface area contributed by atoms with Crippen molar-refractivity contribution in [3.8, 4) is 0 Å². The summed E-state index contributed by atoms with van der Waals surface area (Å²) in [5.41, 5.74) is 0.603. The second-order valence-corrected chi connectivity index (χ2v) is 7.60. The Morgan fingerprint density at radius 1 is 1.24 bits per heavy atom. The zero-order chi connectivity index (χ0) is 18.4. The summed E-state index contributed by atoms with van der Waals surface area (Å²) < 4.78 is 34.8. The van der Waals surface area contributed by atoms with Crippen molar-refractivity contribution in [1.29, 1.82) is 0 Å². The van der Waals surface area contributed by atoms with E-state index in [1.165, 1.54) is 4.90 Å². The van der Waals surface area contributed by atoms with E-state index in [-0.39, 0.29) is 32.1 Å². The van der Waals surface area contributed by atoms with Crippen molar-refractivity contribution in [2.45, 2.75) is 39.2 Å². The molecule has 2 amide bonds. The highest BCUT2D eigenvalue weighted by molar-refractivity contribution is 5.74. The molecule has 0 bridgehead atoms. The van der Waals surface area contributed by atoms with E-state index in [9.17, 15) is 13.6 Å². The van der Waals surface area contributed by atoms with Gasteiger partial charge in [0, 0.05) is 52.3 Å². The zero-order valence-electron chi connectivity index (χ0n) is 15.3. The minimum Gasteiger partial charge on any atom is -0.361 e. The average Bonchev–Trinajstić information content (AvgIpc) is 3.09. The number of amides is 2. The highest BCUT2D eigenvalue weighted by atomic mass is 19.3. The van der Waals surface area contributed by atoms with Gasteiger partial charge in [0.05, 0.1) is 11.1 Å². The normalized spacial score (nSPS) is 26.4. The molecule has 3 rings (SSSR count). The Labute approximate surface area is 146 Å². The van der Waals surface area contributed by atoms with Crippen LogP contribution in [-0.2, 0) is 6.54 Å². The maximum atomic E-state index is 14.8. The maximum absolute atomic E-state index is 14.8. The van der Waals surface area contributed by atoms with Crippen LogP contribution in [-0.4, -0.2) is 72.1 Å². The third-order valence-electron chi connectivity index (χ3n) is 5.61. The standard InChI is InChI=1S/C17H26F2N4O2/c1-12-14(13(2)25-20-12)9-22-7-5-16(10-22)11-23(15(24)21(3)4)8-6-17(16,18)19/h5-11H2,1-4H3. The van der Waals surface area contributed by atoms with Crippen molar-refractivity contribution in [2.24, 2.45) is 5.41 Å². The van der Waals surface area contributed by atoms with Crippen LogP contribution in [0.4, 0.5) is 13.6 Å². The van der Waals surface area contributed by atoms with Gasteiger partial charge in [-0.25, -0.2) is 13.6 Å². The zero-order valence-corrected chi connectivity index (χ0v) is 15.3. The second-order valence-electron chi connectivity index (χ2n) is 7.60. The average molecular weight is 356 g/mol. The highest BCUT2D eigenvalue weighted by Crippen LogP contribution is 2.49. The first-order chi connectivity index (χ1) is 11.7. The number of carbonyl (C=O) groups excluding carboxylic acids is 1. The smallest absolute Gasteiger partial charge is 0.319 e. The van der Waals surface area contributed by atoms with E-state index in [1.54, 1.807) is 19.0 Å². The highest BCUT2D eigenvalue weighted by Gasteiger charge is 2.60. The van der Waals surface area contributed by atoms with E-state index in [0.717, 1.165) is 17.0 Å². The molecule has 2 saturated heterocycles. The van der Waals surface area contributed by atoms with E-state index in [1.807, 2.05) is 18.7 Å². The van der Waals surface area contributed by atoms with Crippen molar-refractivity contribution in [3.05, 3.63) is 17.0 Å². The molecule has 0 aliphatic carbocycles. The summed E-state index contributed by atoms with van der Waals surface area (Å²) in [6.45, 7) is 5.34. The summed E-state index contributed by atoms with van der Waals surface area (Å²) in [7, 11) is 3.31. The Kier molecular flexibility index (Phi) is 4.51. The van der Waals surface area contributed by atoms with E-state index >= 15 is 0 Å². The monoisotopic (exact) mass is 356 g/mol. The number of carbonyl (C=O) groups is 1. The molecule has 2 fully saturated rings. The fraction of sp³-hybridized carbons (Fsp3) is 0.765. The topological polar surface area (TPSA) is 52.8 Å². The molecule has 1 unspecified atom stereocenters. The molecular formula is C17H26F2N4O2. The third-order valence-corrected chi connectivity index (χ3v) is 5.61. The maximum Gasteiger partial charge on any atom is 0.319 e. The summed E-state index contributed by atoms with van der Waals surface area (Å²) in [6.07, 6.45) is 0.117. The molecule has 0 saturated carbocycles. The van der Waals surface area contributed by atoms with Crippen molar-refractivity contribution < 1.29 is 18.1 Å². The second kappa shape index (κ2) is 6.23. The molecule has 6 nitrogen and oxygen atoms in total.